The summed E-state index contributed by atoms with van der Waals surface area (Å²) in [6.45, 7) is 0.906. The lowest BCUT2D eigenvalue weighted by molar-refractivity contribution is 0.329. The van der Waals surface area contributed by atoms with E-state index in [4.69, 9.17) is 0 Å². The van der Waals surface area contributed by atoms with Crippen LogP contribution in [0.15, 0.2) is 53.8 Å². The number of para-hydroxylation sites is 1. The van der Waals surface area contributed by atoms with E-state index in [0.29, 0.717) is 31.4 Å². The van der Waals surface area contributed by atoms with Gasteiger partial charge in [0, 0.05) is 50.9 Å². The molecule has 0 spiro atoms. The fourth-order valence-corrected chi connectivity index (χ4v) is 5.18. The van der Waals surface area contributed by atoms with Gasteiger partial charge in [-0.25, -0.2) is 18.4 Å². The van der Waals surface area contributed by atoms with Crippen molar-refractivity contribution < 1.29 is 8.42 Å². The van der Waals surface area contributed by atoms with Crippen molar-refractivity contribution in [2.75, 3.05) is 37.4 Å². The number of rotatable bonds is 5. The van der Waals surface area contributed by atoms with Crippen LogP contribution in [0.25, 0.3) is 10.9 Å². The molecule has 0 radical (unpaired) electrons. The third-order valence-electron chi connectivity index (χ3n) is 5.13. The summed E-state index contributed by atoms with van der Waals surface area (Å²) >= 11 is 0. The van der Waals surface area contributed by atoms with Gasteiger partial charge in [0.2, 0.25) is 10.0 Å². The molecule has 1 aliphatic heterocycles. The molecular formula is C20H24N6O2S. The largest absolute Gasteiger partial charge is 0.367 e. The maximum Gasteiger partial charge on any atom is 0.245 e. The highest BCUT2D eigenvalue weighted by Gasteiger charge is 2.31. The number of piperidine rings is 1. The maximum atomic E-state index is 13.2. The molecular weight excluding hydrogens is 388 g/mol. The van der Waals surface area contributed by atoms with Crippen molar-refractivity contribution in [1.29, 1.82) is 0 Å². The number of benzene rings is 1. The van der Waals surface area contributed by atoms with E-state index in [1.165, 1.54) is 6.33 Å². The first-order chi connectivity index (χ1) is 13.9. The van der Waals surface area contributed by atoms with Gasteiger partial charge in [0.25, 0.3) is 0 Å². The molecule has 1 N–H and O–H groups in total. The number of sulfonamides is 1. The van der Waals surface area contributed by atoms with Gasteiger partial charge in [-0.1, -0.05) is 18.2 Å². The SMILES string of the molecule is CN(C)c1cc(NC2CCN(S(=O)(=O)c3cccc4cccnc34)CC2)ncn1. The number of nitrogens with one attached hydrogen (secondary N) is 1. The minimum atomic E-state index is -3.59. The molecule has 1 aromatic carbocycles. The van der Waals surface area contributed by atoms with Crippen molar-refractivity contribution in [2.45, 2.75) is 23.8 Å². The van der Waals surface area contributed by atoms with E-state index in [1.54, 1.807) is 22.6 Å². The number of fused-ring (bicyclic) bond motifs is 1. The summed E-state index contributed by atoms with van der Waals surface area (Å²) < 4.78 is 28.0. The summed E-state index contributed by atoms with van der Waals surface area (Å²) in [7, 11) is 0.264. The van der Waals surface area contributed by atoms with Crippen LogP contribution in [0.5, 0.6) is 0 Å². The first-order valence-electron chi connectivity index (χ1n) is 9.55. The lowest BCUT2D eigenvalue weighted by atomic mass is 10.1. The molecule has 4 rings (SSSR count). The number of hydrogen-bond donors (Lipinski definition) is 1. The lowest BCUT2D eigenvalue weighted by Gasteiger charge is -2.32. The van der Waals surface area contributed by atoms with Crippen LogP contribution in [0.4, 0.5) is 11.6 Å². The van der Waals surface area contributed by atoms with E-state index in [9.17, 15) is 8.42 Å². The molecule has 2 aromatic heterocycles. The van der Waals surface area contributed by atoms with Gasteiger partial charge in [0.1, 0.15) is 22.9 Å². The Morgan fingerprint density at radius 3 is 2.59 bits per heavy atom. The summed E-state index contributed by atoms with van der Waals surface area (Å²) in [5.41, 5.74) is 0.521. The van der Waals surface area contributed by atoms with Crippen molar-refractivity contribution in [3.05, 3.63) is 48.9 Å². The van der Waals surface area contributed by atoms with E-state index in [1.807, 2.05) is 43.3 Å². The first kappa shape index (κ1) is 19.5. The van der Waals surface area contributed by atoms with Gasteiger partial charge >= 0.3 is 0 Å². The molecule has 0 aliphatic carbocycles. The highest BCUT2D eigenvalue weighted by Crippen LogP contribution is 2.27. The van der Waals surface area contributed by atoms with Crippen molar-refractivity contribution in [2.24, 2.45) is 0 Å². The fourth-order valence-electron chi connectivity index (χ4n) is 3.54. The molecule has 29 heavy (non-hydrogen) atoms. The van der Waals surface area contributed by atoms with Gasteiger partial charge in [-0.2, -0.15) is 4.31 Å². The van der Waals surface area contributed by atoms with E-state index in [-0.39, 0.29) is 10.9 Å². The monoisotopic (exact) mass is 412 g/mol. The molecule has 152 valence electrons. The summed E-state index contributed by atoms with van der Waals surface area (Å²) in [5.74, 6) is 1.58. The minimum Gasteiger partial charge on any atom is -0.367 e. The highest BCUT2D eigenvalue weighted by molar-refractivity contribution is 7.89. The zero-order chi connectivity index (χ0) is 20.4. The number of pyridine rings is 1. The average Bonchev–Trinajstić information content (AvgIpc) is 2.74. The quantitative estimate of drug-likeness (QED) is 0.688. The molecule has 9 heteroatoms. The van der Waals surface area contributed by atoms with Crippen LogP contribution in [0.1, 0.15) is 12.8 Å². The Morgan fingerprint density at radius 1 is 1.07 bits per heavy atom. The number of anilines is 2. The summed E-state index contributed by atoms with van der Waals surface area (Å²) in [5, 5.41) is 4.23. The van der Waals surface area contributed by atoms with Crippen molar-refractivity contribution in [3.8, 4) is 0 Å². The summed E-state index contributed by atoms with van der Waals surface area (Å²) in [4.78, 5) is 15.0. The highest BCUT2D eigenvalue weighted by atomic mass is 32.2. The zero-order valence-corrected chi connectivity index (χ0v) is 17.3. The first-order valence-corrected chi connectivity index (χ1v) is 11.0. The molecule has 3 aromatic rings. The van der Waals surface area contributed by atoms with E-state index >= 15 is 0 Å². The van der Waals surface area contributed by atoms with Crippen LogP contribution in [0.3, 0.4) is 0 Å². The van der Waals surface area contributed by atoms with Gasteiger partial charge in [-0.15, -0.1) is 0 Å². The van der Waals surface area contributed by atoms with Crippen LogP contribution >= 0.6 is 0 Å². The Hall–Kier alpha value is -2.78. The number of nitrogens with zero attached hydrogens (tertiary/aromatic N) is 5. The smallest absolute Gasteiger partial charge is 0.245 e. The predicted octanol–water partition coefficient (Wildman–Crippen LogP) is 2.36. The molecule has 1 fully saturated rings. The second kappa shape index (κ2) is 7.92. The predicted molar refractivity (Wildman–Crippen MR) is 114 cm³/mol. The fraction of sp³-hybridized carbons (Fsp3) is 0.350. The van der Waals surface area contributed by atoms with E-state index in [2.05, 4.69) is 20.3 Å². The third kappa shape index (κ3) is 4.01. The van der Waals surface area contributed by atoms with E-state index < -0.39 is 10.0 Å². The van der Waals surface area contributed by atoms with Gasteiger partial charge < -0.3 is 10.2 Å². The van der Waals surface area contributed by atoms with Gasteiger partial charge in [-0.05, 0) is 25.0 Å². The Balaban J connectivity index is 1.47. The Bertz CT molecular complexity index is 1110. The molecule has 0 atom stereocenters. The van der Waals surface area contributed by atoms with Crippen molar-refractivity contribution >= 4 is 32.6 Å². The molecule has 8 nitrogen and oxygen atoms in total. The summed E-state index contributed by atoms with van der Waals surface area (Å²) in [6, 6.07) is 11.0. The number of aromatic nitrogens is 3. The lowest BCUT2D eigenvalue weighted by Crippen LogP contribution is -2.42. The van der Waals surface area contributed by atoms with Gasteiger partial charge in [0.05, 0.1) is 5.52 Å². The molecule has 0 amide bonds. The van der Waals surface area contributed by atoms with Crippen LogP contribution in [-0.4, -0.2) is 60.9 Å². The van der Waals surface area contributed by atoms with Gasteiger partial charge in [-0.3, -0.25) is 4.98 Å². The second-order valence-corrected chi connectivity index (χ2v) is 9.22. The standard InChI is InChI=1S/C20H24N6O2S/c1-25(2)19-13-18(22-14-23-19)24-16-8-11-26(12-9-16)29(27,28)17-7-3-5-15-6-4-10-21-20(15)17/h3-7,10,13-14,16H,8-9,11-12H2,1-2H3,(H,22,23,24). The maximum absolute atomic E-state index is 13.2. The molecule has 0 bridgehead atoms. The van der Waals surface area contributed by atoms with Crippen LogP contribution < -0.4 is 10.2 Å². The Morgan fingerprint density at radius 2 is 1.83 bits per heavy atom. The topological polar surface area (TPSA) is 91.3 Å². The van der Waals surface area contributed by atoms with Crippen LogP contribution in [0, 0.1) is 0 Å². The van der Waals surface area contributed by atoms with Crippen molar-refractivity contribution in [1.82, 2.24) is 19.3 Å². The Labute approximate surface area is 170 Å². The molecule has 1 saturated heterocycles. The van der Waals surface area contributed by atoms with Gasteiger partial charge in [0.15, 0.2) is 0 Å². The zero-order valence-electron chi connectivity index (χ0n) is 16.5. The second-order valence-electron chi connectivity index (χ2n) is 7.31. The molecule has 0 unspecified atom stereocenters. The van der Waals surface area contributed by atoms with Crippen LogP contribution in [-0.2, 0) is 10.0 Å². The van der Waals surface area contributed by atoms with Crippen molar-refractivity contribution in [3.63, 3.8) is 0 Å². The normalized spacial score (nSPS) is 16.1. The molecule has 0 saturated carbocycles. The number of hydrogen-bond acceptors (Lipinski definition) is 7. The van der Waals surface area contributed by atoms with E-state index in [0.717, 1.165) is 17.0 Å². The van der Waals surface area contributed by atoms with Crippen LogP contribution in [0.2, 0.25) is 0 Å². The Kier molecular flexibility index (Phi) is 5.33. The minimum absolute atomic E-state index is 0.164. The molecule has 1 aliphatic rings. The molecule has 3 heterocycles. The average molecular weight is 413 g/mol. The summed E-state index contributed by atoms with van der Waals surface area (Å²) in [6.07, 6.45) is 4.57. The third-order valence-corrected chi connectivity index (χ3v) is 7.06.